The molecular weight excluding hydrogens is 376 g/mol. The van der Waals surface area contributed by atoms with Crippen LogP contribution < -0.4 is 4.74 Å². The van der Waals surface area contributed by atoms with Crippen molar-refractivity contribution >= 4 is 37.8 Å². The van der Waals surface area contributed by atoms with Gasteiger partial charge in [-0.2, -0.15) is 0 Å². The summed E-state index contributed by atoms with van der Waals surface area (Å²) in [6, 6.07) is 10.4. The zero-order chi connectivity index (χ0) is 14.0. The number of benzene rings is 2. The van der Waals surface area contributed by atoms with Crippen LogP contribution in [0.25, 0.3) is 0 Å². The van der Waals surface area contributed by atoms with Crippen molar-refractivity contribution in [2.45, 2.75) is 6.92 Å². The standard InChI is InChI=1S/C14H10Br2O3/c1-8-2-4-10(14(17)18)13(6-8)19-12-5-3-9(15)7-11(12)16/h2-7H,1H3,(H,17,18). The van der Waals surface area contributed by atoms with Crippen LogP contribution in [0.3, 0.4) is 0 Å². The summed E-state index contributed by atoms with van der Waals surface area (Å²) in [6.45, 7) is 1.88. The Morgan fingerprint density at radius 2 is 1.84 bits per heavy atom. The third kappa shape index (κ3) is 3.36. The minimum absolute atomic E-state index is 0.139. The Kier molecular flexibility index (Phi) is 4.27. The number of aryl methyl sites for hydroxylation is 1. The molecule has 98 valence electrons. The van der Waals surface area contributed by atoms with Crippen LogP contribution in [0.4, 0.5) is 0 Å². The van der Waals surface area contributed by atoms with Gasteiger partial charge in [-0.1, -0.05) is 22.0 Å². The predicted octanol–water partition coefficient (Wildman–Crippen LogP) is 5.01. The molecule has 0 aliphatic carbocycles. The van der Waals surface area contributed by atoms with E-state index in [4.69, 9.17) is 9.84 Å². The molecule has 0 saturated carbocycles. The van der Waals surface area contributed by atoms with Gasteiger partial charge >= 0.3 is 5.97 Å². The molecule has 0 aliphatic rings. The highest BCUT2D eigenvalue weighted by molar-refractivity contribution is 9.11. The van der Waals surface area contributed by atoms with Crippen LogP contribution in [0.15, 0.2) is 45.3 Å². The Morgan fingerprint density at radius 1 is 1.11 bits per heavy atom. The summed E-state index contributed by atoms with van der Waals surface area (Å²) in [5, 5.41) is 9.15. The maximum Gasteiger partial charge on any atom is 0.339 e. The van der Waals surface area contributed by atoms with E-state index in [1.165, 1.54) is 0 Å². The number of hydrogen-bond donors (Lipinski definition) is 1. The van der Waals surface area contributed by atoms with E-state index in [1.54, 1.807) is 24.3 Å². The highest BCUT2D eigenvalue weighted by atomic mass is 79.9. The molecule has 0 unspecified atom stereocenters. The predicted molar refractivity (Wildman–Crippen MR) is 80.1 cm³/mol. The molecule has 2 aromatic rings. The lowest BCUT2D eigenvalue weighted by Crippen LogP contribution is -2.00. The maximum atomic E-state index is 11.2. The summed E-state index contributed by atoms with van der Waals surface area (Å²) in [4.78, 5) is 11.2. The van der Waals surface area contributed by atoms with Crippen molar-refractivity contribution in [3.63, 3.8) is 0 Å². The molecular formula is C14H10Br2O3. The average molecular weight is 386 g/mol. The first-order valence-electron chi connectivity index (χ1n) is 5.44. The number of ether oxygens (including phenoxy) is 1. The van der Waals surface area contributed by atoms with Gasteiger partial charge in [-0.15, -0.1) is 0 Å². The van der Waals surface area contributed by atoms with E-state index in [0.717, 1.165) is 14.5 Å². The van der Waals surface area contributed by atoms with E-state index in [9.17, 15) is 4.79 Å². The second kappa shape index (κ2) is 5.75. The zero-order valence-corrected chi connectivity index (χ0v) is 13.2. The van der Waals surface area contributed by atoms with Gasteiger partial charge in [-0.3, -0.25) is 0 Å². The molecule has 1 N–H and O–H groups in total. The minimum atomic E-state index is -1.01. The number of carboxylic acids is 1. The van der Waals surface area contributed by atoms with Gasteiger partial charge in [0.05, 0.1) is 4.47 Å². The minimum Gasteiger partial charge on any atom is -0.478 e. The normalized spacial score (nSPS) is 10.3. The Morgan fingerprint density at radius 3 is 2.47 bits per heavy atom. The van der Waals surface area contributed by atoms with Crippen molar-refractivity contribution in [2.24, 2.45) is 0 Å². The second-order valence-corrected chi connectivity index (χ2v) is 5.75. The number of carboxylic acid groups (broad SMARTS) is 1. The lowest BCUT2D eigenvalue weighted by Gasteiger charge is -2.11. The van der Waals surface area contributed by atoms with E-state index in [0.29, 0.717) is 11.5 Å². The molecule has 19 heavy (non-hydrogen) atoms. The summed E-state index contributed by atoms with van der Waals surface area (Å²) in [5.41, 5.74) is 1.08. The third-order valence-electron chi connectivity index (χ3n) is 2.48. The van der Waals surface area contributed by atoms with Crippen molar-refractivity contribution < 1.29 is 14.6 Å². The molecule has 0 aliphatic heterocycles. The smallest absolute Gasteiger partial charge is 0.339 e. The molecule has 2 rings (SSSR count). The molecule has 0 amide bonds. The Balaban J connectivity index is 2.42. The SMILES string of the molecule is Cc1ccc(C(=O)O)c(Oc2ccc(Br)cc2Br)c1. The lowest BCUT2D eigenvalue weighted by atomic mass is 10.1. The molecule has 0 heterocycles. The van der Waals surface area contributed by atoms with E-state index in [-0.39, 0.29) is 5.56 Å². The van der Waals surface area contributed by atoms with Crippen LogP contribution in [0, 0.1) is 6.92 Å². The highest BCUT2D eigenvalue weighted by Gasteiger charge is 2.13. The Hall–Kier alpha value is -1.33. The van der Waals surface area contributed by atoms with E-state index in [2.05, 4.69) is 31.9 Å². The highest BCUT2D eigenvalue weighted by Crippen LogP contribution is 2.33. The number of carbonyl (C=O) groups is 1. The van der Waals surface area contributed by atoms with Gasteiger partial charge < -0.3 is 9.84 Å². The maximum absolute atomic E-state index is 11.2. The van der Waals surface area contributed by atoms with Crippen LogP contribution >= 0.6 is 31.9 Å². The number of aromatic carboxylic acids is 1. The van der Waals surface area contributed by atoms with Gasteiger partial charge in [0.15, 0.2) is 0 Å². The Bertz CT molecular complexity index is 639. The summed E-state index contributed by atoms with van der Waals surface area (Å²) in [6.07, 6.45) is 0. The fourth-order valence-corrected chi connectivity index (χ4v) is 2.70. The molecule has 0 radical (unpaired) electrons. The molecule has 0 atom stereocenters. The summed E-state index contributed by atoms with van der Waals surface area (Å²) in [5.74, 6) is -0.116. The second-order valence-electron chi connectivity index (χ2n) is 3.98. The first-order chi connectivity index (χ1) is 8.97. The van der Waals surface area contributed by atoms with Gasteiger partial charge in [0.2, 0.25) is 0 Å². The molecule has 0 saturated heterocycles. The van der Waals surface area contributed by atoms with E-state index >= 15 is 0 Å². The summed E-state index contributed by atoms with van der Waals surface area (Å²) >= 11 is 6.73. The van der Waals surface area contributed by atoms with Crippen LogP contribution in [0.2, 0.25) is 0 Å². The number of hydrogen-bond acceptors (Lipinski definition) is 2. The van der Waals surface area contributed by atoms with Crippen molar-refractivity contribution in [3.8, 4) is 11.5 Å². The third-order valence-corrected chi connectivity index (χ3v) is 3.59. The van der Waals surface area contributed by atoms with Gasteiger partial charge in [0.1, 0.15) is 17.1 Å². The van der Waals surface area contributed by atoms with Crippen LogP contribution in [-0.4, -0.2) is 11.1 Å². The zero-order valence-electron chi connectivity index (χ0n) is 9.98. The number of rotatable bonds is 3. The molecule has 0 bridgehead atoms. The molecule has 5 heteroatoms. The summed E-state index contributed by atoms with van der Waals surface area (Å²) in [7, 11) is 0. The molecule has 0 spiro atoms. The van der Waals surface area contributed by atoms with Crippen LogP contribution in [-0.2, 0) is 0 Å². The fraction of sp³-hybridized carbons (Fsp3) is 0.0714. The van der Waals surface area contributed by atoms with Gasteiger partial charge in [-0.05, 0) is 58.7 Å². The first kappa shape index (κ1) is 14.1. The van der Waals surface area contributed by atoms with E-state index < -0.39 is 5.97 Å². The van der Waals surface area contributed by atoms with Gasteiger partial charge in [0.25, 0.3) is 0 Å². The van der Waals surface area contributed by atoms with Gasteiger partial charge in [0, 0.05) is 4.47 Å². The van der Waals surface area contributed by atoms with Crippen molar-refractivity contribution in [1.82, 2.24) is 0 Å². The molecule has 0 aromatic heterocycles. The molecule has 2 aromatic carbocycles. The van der Waals surface area contributed by atoms with Crippen molar-refractivity contribution in [1.29, 1.82) is 0 Å². The lowest BCUT2D eigenvalue weighted by molar-refractivity contribution is 0.0694. The average Bonchev–Trinajstić information content (AvgIpc) is 2.32. The quantitative estimate of drug-likeness (QED) is 0.807. The number of halogens is 2. The fourth-order valence-electron chi connectivity index (χ4n) is 1.57. The summed E-state index contributed by atoms with van der Waals surface area (Å²) < 4.78 is 7.35. The monoisotopic (exact) mass is 384 g/mol. The molecule has 0 fully saturated rings. The van der Waals surface area contributed by atoms with Crippen LogP contribution in [0.5, 0.6) is 11.5 Å². The first-order valence-corrected chi connectivity index (χ1v) is 7.03. The largest absolute Gasteiger partial charge is 0.478 e. The van der Waals surface area contributed by atoms with Crippen LogP contribution in [0.1, 0.15) is 15.9 Å². The molecule has 3 nitrogen and oxygen atoms in total. The van der Waals surface area contributed by atoms with Crippen molar-refractivity contribution in [2.75, 3.05) is 0 Å². The Labute approximate surface area is 127 Å². The van der Waals surface area contributed by atoms with Crippen molar-refractivity contribution in [3.05, 3.63) is 56.5 Å². The van der Waals surface area contributed by atoms with E-state index in [1.807, 2.05) is 19.1 Å². The topological polar surface area (TPSA) is 46.5 Å². The van der Waals surface area contributed by atoms with Gasteiger partial charge in [-0.25, -0.2) is 4.79 Å².